The highest BCUT2D eigenvalue weighted by molar-refractivity contribution is 5.94. The largest absolute Gasteiger partial charge is 0.497 e. The molecule has 7 nitrogen and oxygen atoms in total. The van der Waals surface area contributed by atoms with Gasteiger partial charge in [-0.2, -0.15) is 4.98 Å². The van der Waals surface area contributed by atoms with Crippen LogP contribution in [-0.4, -0.2) is 29.8 Å². The smallest absolute Gasteiger partial charge is 0.251 e. The standard InChI is InChI=1S/C20H21N3O4/c1-4-26-17-11-7-15(8-12-17)19(24)21-13(2)20-22-18(23-27-20)14-5-9-16(25-3)10-6-14/h5-13H,4H2,1-3H3,(H,21,24)/t13-/m1/s1. The van der Waals surface area contributed by atoms with E-state index in [9.17, 15) is 4.79 Å². The van der Waals surface area contributed by atoms with Gasteiger partial charge in [0.1, 0.15) is 17.5 Å². The molecule has 0 saturated heterocycles. The molecule has 0 saturated carbocycles. The molecule has 0 unspecified atom stereocenters. The lowest BCUT2D eigenvalue weighted by Gasteiger charge is -2.10. The third-order valence-electron chi connectivity index (χ3n) is 3.94. The van der Waals surface area contributed by atoms with E-state index in [1.54, 1.807) is 38.3 Å². The third-order valence-corrected chi connectivity index (χ3v) is 3.94. The van der Waals surface area contributed by atoms with E-state index in [0.717, 1.165) is 17.1 Å². The summed E-state index contributed by atoms with van der Waals surface area (Å²) in [6.45, 7) is 4.28. The maximum atomic E-state index is 12.4. The zero-order valence-electron chi connectivity index (χ0n) is 15.4. The normalized spacial score (nSPS) is 11.7. The van der Waals surface area contributed by atoms with Crippen molar-refractivity contribution < 1.29 is 18.8 Å². The van der Waals surface area contributed by atoms with Crippen molar-refractivity contribution in [2.75, 3.05) is 13.7 Å². The van der Waals surface area contributed by atoms with Crippen molar-refractivity contribution in [3.8, 4) is 22.9 Å². The van der Waals surface area contributed by atoms with E-state index in [-0.39, 0.29) is 5.91 Å². The van der Waals surface area contributed by atoms with E-state index in [1.807, 2.05) is 31.2 Å². The Hall–Kier alpha value is -3.35. The van der Waals surface area contributed by atoms with Crippen molar-refractivity contribution in [3.05, 3.63) is 60.0 Å². The quantitative estimate of drug-likeness (QED) is 0.686. The SMILES string of the molecule is CCOc1ccc(C(=O)N[C@H](C)c2nc(-c3ccc(OC)cc3)no2)cc1. The van der Waals surface area contributed by atoms with Gasteiger partial charge in [0.2, 0.25) is 11.7 Å². The molecular weight excluding hydrogens is 346 g/mol. The number of ether oxygens (including phenoxy) is 2. The number of methoxy groups -OCH3 is 1. The molecule has 3 rings (SSSR count). The molecule has 0 fully saturated rings. The summed E-state index contributed by atoms with van der Waals surface area (Å²) in [4.78, 5) is 16.8. The summed E-state index contributed by atoms with van der Waals surface area (Å²) in [5.74, 6) is 2.03. The van der Waals surface area contributed by atoms with Crippen LogP contribution in [0.2, 0.25) is 0 Å². The maximum Gasteiger partial charge on any atom is 0.251 e. The van der Waals surface area contributed by atoms with E-state index in [1.165, 1.54) is 0 Å². The van der Waals surface area contributed by atoms with Crippen molar-refractivity contribution in [3.63, 3.8) is 0 Å². The highest BCUT2D eigenvalue weighted by atomic mass is 16.5. The van der Waals surface area contributed by atoms with Crippen molar-refractivity contribution in [1.82, 2.24) is 15.5 Å². The molecule has 0 spiro atoms. The van der Waals surface area contributed by atoms with Gasteiger partial charge in [-0.3, -0.25) is 4.79 Å². The van der Waals surface area contributed by atoms with E-state index < -0.39 is 6.04 Å². The summed E-state index contributed by atoms with van der Waals surface area (Å²) in [6, 6.07) is 13.9. The first kappa shape index (κ1) is 18.4. The molecule has 7 heteroatoms. The van der Waals surface area contributed by atoms with Crippen LogP contribution in [0.4, 0.5) is 0 Å². The van der Waals surface area contributed by atoms with E-state index in [4.69, 9.17) is 14.0 Å². The molecule has 0 aliphatic heterocycles. The zero-order chi connectivity index (χ0) is 19.2. The van der Waals surface area contributed by atoms with E-state index in [2.05, 4.69) is 15.5 Å². The Bertz CT molecular complexity index is 888. The highest BCUT2D eigenvalue weighted by Gasteiger charge is 2.18. The van der Waals surface area contributed by atoms with Gasteiger partial charge in [0, 0.05) is 11.1 Å². The number of carbonyl (C=O) groups is 1. The summed E-state index contributed by atoms with van der Waals surface area (Å²) in [5, 5.41) is 6.83. The first-order valence-electron chi connectivity index (χ1n) is 8.62. The van der Waals surface area contributed by atoms with Crippen molar-refractivity contribution >= 4 is 5.91 Å². The fourth-order valence-electron chi connectivity index (χ4n) is 2.48. The predicted molar refractivity (Wildman–Crippen MR) is 99.8 cm³/mol. The summed E-state index contributed by atoms with van der Waals surface area (Å²) < 4.78 is 15.8. The molecule has 1 amide bonds. The van der Waals surface area contributed by atoms with Gasteiger partial charge in [-0.25, -0.2) is 0 Å². The van der Waals surface area contributed by atoms with Gasteiger partial charge in [0.05, 0.1) is 13.7 Å². The molecule has 1 N–H and O–H groups in total. The number of carbonyl (C=O) groups excluding carboxylic acids is 1. The minimum Gasteiger partial charge on any atom is -0.497 e. The van der Waals surface area contributed by atoms with Crippen LogP contribution >= 0.6 is 0 Å². The Morgan fingerprint density at radius 2 is 1.78 bits per heavy atom. The van der Waals surface area contributed by atoms with Gasteiger partial charge in [-0.1, -0.05) is 5.16 Å². The first-order chi connectivity index (χ1) is 13.1. The van der Waals surface area contributed by atoms with E-state index in [0.29, 0.717) is 23.9 Å². The summed E-state index contributed by atoms with van der Waals surface area (Å²) >= 11 is 0. The third kappa shape index (κ3) is 4.44. The van der Waals surface area contributed by atoms with Crippen molar-refractivity contribution in [1.29, 1.82) is 0 Å². The fraction of sp³-hybridized carbons (Fsp3) is 0.250. The molecular formula is C20H21N3O4. The fourth-order valence-corrected chi connectivity index (χ4v) is 2.48. The topological polar surface area (TPSA) is 86.5 Å². The lowest BCUT2D eigenvalue weighted by molar-refractivity contribution is 0.0932. The molecule has 0 aliphatic rings. The van der Waals surface area contributed by atoms with Gasteiger partial charge in [0.25, 0.3) is 5.91 Å². The second-order valence-electron chi connectivity index (χ2n) is 5.84. The summed E-state index contributed by atoms with van der Waals surface area (Å²) in [6.07, 6.45) is 0. The Labute approximate surface area is 157 Å². The predicted octanol–water partition coefficient (Wildman–Crippen LogP) is 3.63. The number of aromatic nitrogens is 2. The van der Waals surface area contributed by atoms with Gasteiger partial charge in [-0.05, 0) is 62.4 Å². The van der Waals surface area contributed by atoms with Crippen LogP contribution in [0.1, 0.15) is 36.1 Å². The average Bonchev–Trinajstić information content (AvgIpc) is 3.19. The lowest BCUT2D eigenvalue weighted by Crippen LogP contribution is -2.26. The van der Waals surface area contributed by atoms with Crippen LogP contribution in [0, 0.1) is 0 Å². The van der Waals surface area contributed by atoms with Crippen LogP contribution in [0.15, 0.2) is 53.1 Å². The second-order valence-corrected chi connectivity index (χ2v) is 5.84. The molecule has 27 heavy (non-hydrogen) atoms. The van der Waals surface area contributed by atoms with Crippen LogP contribution < -0.4 is 14.8 Å². The van der Waals surface area contributed by atoms with E-state index >= 15 is 0 Å². The summed E-state index contributed by atoms with van der Waals surface area (Å²) in [7, 11) is 1.61. The highest BCUT2D eigenvalue weighted by Crippen LogP contribution is 2.21. The van der Waals surface area contributed by atoms with Gasteiger partial charge < -0.3 is 19.3 Å². The summed E-state index contributed by atoms with van der Waals surface area (Å²) in [5.41, 5.74) is 1.33. The Morgan fingerprint density at radius 3 is 2.41 bits per heavy atom. The molecule has 2 aromatic carbocycles. The molecule has 1 atom stereocenters. The number of nitrogens with zero attached hydrogens (tertiary/aromatic N) is 2. The minimum absolute atomic E-state index is 0.227. The first-order valence-corrected chi connectivity index (χ1v) is 8.62. The number of hydrogen-bond acceptors (Lipinski definition) is 6. The average molecular weight is 367 g/mol. The van der Waals surface area contributed by atoms with Crippen LogP contribution in [0.5, 0.6) is 11.5 Å². The molecule has 0 radical (unpaired) electrons. The van der Waals surface area contributed by atoms with Crippen LogP contribution in [0.25, 0.3) is 11.4 Å². The Kier molecular flexibility index (Phi) is 5.71. The van der Waals surface area contributed by atoms with Crippen LogP contribution in [-0.2, 0) is 0 Å². The monoisotopic (exact) mass is 367 g/mol. The van der Waals surface area contributed by atoms with Gasteiger partial charge in [0.15, 0.2) is 0 Å². The van der Waals surface area contributed by atoms with Crippen LogP contribution in [0.3, 0.4) is 0 Å². The number of benzene rings is 2. The van der Waals surface area contributed by atoms with Crippen molar-refractivity contribution in [2.24, 2.45) is 0 Å². The number of hydrogen-bond donors (Lipinski definition) is 1. The Balaban J connectivity index is 1.66. The minimum atomic E-state index is -0.427. The molecule has 140 valence electrons. The molecule has 0 aliphatic carbocycles. The lowest BCUT2D eigenvalue weighted by atomic mass is 10.2. The maximum absolute atomic E-state index is 12.4. The zero-order valence-corrected chi connectivity index (χ0v) is 15.4. The molecule has 0 bridgehead atoms. The second kappa shape index (κ2) is 8.35. The number of nitrogens with one attached hydrogen (secondary N) is 1. The number of amides is 1. The Morgan fingerprint density at radius 1 is 1.11 bits per heavy atom. The van der Waals surface area contributed by atoms with Gasteiger partial charge in [-0.15, -0.1) is 0 Å². The number of rotatable bonds is 7. The molecule has 1 heterocycles. The van der Waals surface area contributed by atoms with Crippen molar-refractivity contribution in [2.45, 2.75) is 19.9 Å². The molecule has 1 aromatic heterocycles. The molecule has 3 aromatic rings. The van der Waals surface area contributed by atoms with Gasteiger partial charge >= 0.3 is 0 Å².